The number of hydrogen-bond donors (Lipinski definition) is 2. The Morgan fingerprint density at radius 3 is 2.28 bits per heavy atom. The highest BCUT2D eigenvalue weighted by atomic mass is 35.5. The summed E-state index contributed by atoms with van der Waals surface area (Å²) in [4.78, 5) is 23.4. The number of rotatable bonds is 9. The zero-order valence-electron chi connectivity index (χ0n) is 16.6. The molecule has 0 atom stereocenters. The van der Waals surface area contributed by atoms with Crippen LogP contribution < -0.4 is 14.8 Å². The quantitative estimate of drug-likeness (QED) is 0.315. The zero-order valence-corrected chi connectivity index (χ0v) is 18.9. The van der Waals surface area contributed by atoms with Gasteiger partial charge in [0.25, 0.3) is 0 Å². The van der Waals surface area contributed by atoms with Crippen LogP contribution in [0.15, 0.2) is 60.7 Å². The molecule has 0 aromatic heterocycles. The molecule has 9 heteroatoms. The Hall–Kier alpha value is -2.93. The molecule has 0 heterocycles. The lowest BCUT2D eigenvalue weighted by atomic mass is 10.1. The normalized spacial score (nSPS) is 10.5. The van der Waals surface area contributed by atoms with Crippen LogP contribution in [0.1, 0.15) is 23.2 Å². The molecule has 0 unspecified atom stereocenters. The van der Waals surface area contributed by atoms with Gasteiger partial charge in [-0.2, -0.15) is 0 Å². The summed E-state index contributed by atoms with van der Waals surface area (Å²) in [6, 6.07) is 16.0. The van der Waals surface area contributed by atoms with Gasteiger partial charge in [0.05, 0.1) is 22.9 Å². The van der Waals surface area contributed by atoms with Crippen molar-refractivity contribution in [3.63, 3.8) is 0 Å². The highest BCUT2D eigenvalue weighted by molar-refractivity contribution is 6.35. The number of halogens is 3. The Bertz CT molecular complexity index is 1140. The fraction of sp³-hybridized carbons (Fsp3) is 0.130. The fourth-order valence-corrected chi connectivity index (χ4v) is 3.37. The third-order valence-corrected chi connectivity index (χ3v) is 5.02. The average molecular weight is 495 g/mol. The molecule has 0 aliphatic heterocycles. The molecule has 6 nitrogen and oxygen atoms in total. The van der Waals surface area contributed by atoms with Crippen molar-refractivity contribution in [1.82, 2.24) is 0 Å². The summed E-state index contributed by atoms with van der Waals surface area (Å²) in [5.41, 5.74) is 0.273. The van der Waals surface area contributed by atoms with Gasteiger partial charge < -0.3 is 19.9 Å². The van der Waals surface area contributed by atoms with Gasteiger partial charge in [0, 0.05) is 22.5 Å². The number of para-hydroxylation sites is 1. The maximum atomic E-state index is 12.2. The number of carbonyl (C=O) groups excluding carboxylic acids is 1. The number of aromatic carboxylic acids is 1. The Labute approximate surface area is 199 Å². The first kappa shape index (κ1) is 23.7. The first-order valence-electron chi connectivity index (χ1n) is 9.51. The molecule has 0 aliphatic rings. The predicted octanol–water partition coefficient (Wildman–Crippen LogP) is 6.94. The van der Waals surface area contributed by atoms with Crippen LogP contribution >= 0.6 is 34.8 Å². The summed E-state index contributed by atoms with van der Waals surface area (Å²) in [7, 11) is 0. The Morgan fingerprint density at radius 2 is 1.56 bits per heavy atom. The molecule has 166 valence electrons. The van der Waals surface area contributed by atoms with E-state index in [4.69, 9.17) is 44.3 Å². The summed E-state index contributed by atoms with van der Waals surface area (Å²) < 4.78 is 11.6. The van der Waals surface area contributed by atoms with E-state index in [0.717, 1.165) is 0 Å². The van der Waals surface area contributed by atoms with Crippen molar-refractivity contribution in [2.75, 3.05) is 11.9 Å². The smallest absolute Gasteiger partial charge is 0.337 e. The van der Waals surface area contributed by atoms with Crippen molar-refractivity contribution >= 4 is 52.4 Å². The molecule has 3 rings (SSSR count). The van der Waals surface area contributed by atoms with Crippen molar-refractivity contribution in [2.45, 2.75) is 12.8 Å². The maximum absolute atomic E-state index is 12.2. The van der Waals surface area contributed by atoms with Crippen molar-refractivity contribution < 1.29 is 24.2 Å². The first-order chi connectivity index (χ1) is 15.3. The monoisotopic (exact) mass is 493 g/mol. The van der Waals surface area contributed by atoms with Crippen LogP contribution in [0.25, 0.3) is 0 Å². The lowest BCUT2D eigenvalue weighted by molar-refractivity contribution is -0.116. The van der Waals surface area contributed by atoms with Gasteiger partial charge in [-0.25, -0.2) is 4.79 Å². The van der Waals surface area contributed by atoms with E-state index in [0.29, 0.717) is 38.7 Å². The van der Waals surface area contributed by atoms with Crippen LogP contribution in [0, 0.1) is 0 Å². The van der Waals surface area contributed by atoms with E-state index in [9.17, 15) is 14.7 Å². The number of carboxylic acids is 1. The molecule has 2 N–H and O–H groups in total. The predicted molar refractivity (Wildman–Crippen MR) is 125 cm³/mol. The second-order valence-corrected chi connectivity index (χ2v) is 7.90. The molecular weight excluding hydrogens is 477 g/mol. The van der Waals surface area contributed by atoms with E-state index in [1.165, 1.54) is 12.1 Å². The van der Waals surface area contributed by atoms with Crippen molar-refractivity contribution in [3.8, 4) is 17.2 Å². The second kappa shape index (κ2) is 11.1. The molecule has 32 heavy (non-hydrogen) atoms. The molecule has 0 saturated carbocycles. The maximum Gasteiger partial charge on any atom is 0.337 e. The number of nitrogens with one attached hydrogen (secondary N) is 1. The molecule has 0 radical (unpaired) electrons. The summed E-state index contributed by atoms with van der Waals surface area (Å²) in [6.45, 7) is 0.207. The molecule has 3 aromatic carbocycles. The van der Waals surface area contributed by atoms with E-state index in [1.807, 2.05) is 0 Å². The molecule has 1 amide bonds. The third kappa shape index (κ3) is 6.53. The van der Waals surface area contributed by atoms with Crippen LogP contribution in [0.5, 0.6) is 17.2 Å². The number of amides is 1. The van der Waals surface area contributed by atoms with Crippen molar-refractivity contribution in [1.29, 1.82) is 0 Å². The zero-order chi connectivity index (χ0) is 23.1. The van der Waals surface area contributed by atoms with E-state index in [-0.39, 0.29) is 30.2 Å². The van der Waals surface area contributed by atoms with Crippen LogP contribution in [-0.4, -0.2) is 23.6 Å². The fourth-order valence-electron chi connectivity index (χ4n) is 2.76. The third-order valence-electron chi connectivity index (χ3n) is 4.26. The lowest BCUT2D eigenvalue weighted by Gasteiger charge is -2.14. The van der Waals surface area contributed by atoms with Gasteiger partial charge in [-0.15, -0.1) is 0 Å². The minimum atomic E-state index is -1.11. The molecule has 0 fully saturated rings. The number of ether oxygens (including phenoxy) is 2. The summed E-state index contributed by atoms with van der Waals surface area (Å²) >= 11 is 18.2. The Kier molecular flexibility index (Phi) is 8.22. The number of carboxylic acid groups (broad SMARTS) is 1. The average Bonchev–Trinajstić information content (AvgIpc) is 2.75. The highest BCUT2D eigenvalue weighted by Crippen LogP contribution is 2.37. The van der Waals surface area contributed by atoms with Crippen LogP contribution in [0.4, 0.5) is 5.69 Å². The van der Waals surface area contributed by atoms with Gasteiger partial charge >= 0.3 is 5.97 Å². The summed E-state index contributed by atoms with van der Waals surface area (Å²) in [6.07, 6.45) is 0.516. The SMILES string of the molecule is O=C(CCCOc1cc(Cl)ccc1Oc1ccc(Cl)cc1Cl)Nc1ccccc1C(=O)O. The number of anilines is 1. The second-order valence-electron chi connectivity index (χ2n) is 6.62. The number of benzene rings is 3. The minimum Gasteiger partial charge on any atom is -0.490 e. The van der Waals surface area contributed by atoms with Gasteiger partial charge in [0.15, 0.2) is 11.5 Å². The summed E-state index contributed by atoms with van der Waals surface area (Å²) in [5, 5.41) is 13.1. The lowest BCUT2D eigenvalue weighted by Crippen LogP contribution is -2.15. The molecular formula is C23H18Cl3NO5. The van der Waals surface area contributed by atoms with Gasteiger partial charge in [-0.1, -0.05) is 46.9 Å². The summed E-state index contributed by atoms with van der Waals surface area (Å²) in [5.74, 6) is -0.241. The molecule has 0 saturated heterocycles. The molecule has 0 bridgehead atoms. The van der Waals surface area contributed by atoms with Crippen molar-refractivity contribution in [3.05, 3.63) is 81.3 Å². The largest absolute Gasteiger partial charge is 0.490 e. The standard InChI is InChI=1S/C23H18Cl3NO5/c24-14-7-9-19(17(26)12-14)32-20-10-8-15(25)13-21(20)31-11-3-6-22(28)27-18-5-2-1-4-16(18)23(29)30/h1-2,4-5,7-10,12-13H,3,6,11H2,(H,27,28)(H,29,30). The Balaban J connectivity index is 1.57. The molecule has 0 aliphatic carbocycles. The topological polar surface area (TPSA) is 84.9 Å². The van der Waals surface area contributed by atoms with Crippen LogP contribution in [0.3, 0.4) is 0 Å². The minimum absolute atomic E-state index is 0.0266. The molecule has 0 spiro atoms. The van der Waals surface area contributed by atoms with Gasteiger partial charge in [-0.3, -0.25) is 4.79 Å². The van der Waals surface area contributed by atoms with Crippen molar-refractivity contribution in [2.24, 2.45) is 0 Å². The number of carbonyl (C=O) groups is 2. The highest BCUT2D eigenvalue weighted by Gasteiger charge is 2.13. The van der Waals surface area contributed by atoms with Gasteiger partial charge in [0.1, 0.15) is 5.75 Å². The number of hydrogen-bond acceptors (Lipinski definition) is 4. The van der Waals surface area contributed by atoms with Crippen LogP contribution in [-0.2, 0) is 4.79 Å². The van der Waals surface area contributed by atoms with E-state index >= 15 is 0 Å². The van der Waals surface area contributed by atoms with Crippen LogP contribution in [0.2, 0.25) is 15.1 Å². The Morgan fingerprint density at radius 1 is 0.875 bits per heavy atom. The molecule has 3 aromatic rings. The van der Waals surface area contributed by atoms with Gasteiger partial charge in [-0.05, 0) is 48.9 Å². The van der Waals surface area contributed by atoms with Gasteiger partial charge in [0.2, 0.25) is 5.91 Å². The van der Waals surface area contributed by atoms with E-state index in [1.54, 1.807) is 48.5 Å². The first-order valence-corrected chi connectivity index (χ1v) is 10.6. The van der Waals surface area contributed by atoms with E-state index < -0.39 is 5.97 Å². The van der Waals surface area contributed by atoms with E-state index in [2.05, 4.69) is 5.32 Å².